The van der Waals surface area contributed by atoms with Crippen LogP contribution in [0.25, 0.3) is 10.8 Å². The predicted molar refractivity (Wildman–Crippen MR) is 107 cm³/mol. The number of aromatic nitrogens is 1. The zero-order chi connectivity index (χ0) is 20.4. The van der Waals surface area contributed by atoms with E-state index in [-0.39, 0.29) is 24.5 Å². The minimum Gasteiger partial charge on any atom is -0.475 e. The van der Waals surface area contributed by atoms with Crippen LogP contribution in [0.2, 0.25) is 0 Å². The highest BCUT2D eigenvalue weighted by atomic mass is 16.6. The number of pyridine rings is 1. The van der Waals surface area contributed by atoms with Crippen LogP contribution in [0.5, 0.6) is 17.4 Å². The van der Waals surface area contributed by atoms with Gasteiger partial charge in [0, 0.05) is 18.5 Å². The highest BCUT2D eigenvalue weighted by Crippen LogP contribution is 2.45. The molecule has 1 saturated heterocycles. The summed E-state index contributed by atoms with van der Waals surface area (Å²) in [5.41, 5.74) is 6.02. The van der Waals surface area contributed by atoms with Gasteiger partial charge in [-0.3, -0.25) is 15.3 Å². The number of piperidine rings is 1. The Morgan fingerprint density at radius 2 is 1.86 bits per heavy atom. The first kappa shape index (κ1) is 19.4. The van der Waals surface area contributed by atoms with E-state index in [4.69, 9.17) is 19.9 Å². The van der Waals surface area contributed by atoms with Gasteiger partial charge in [0.15, 0.2) is 0 Å². The number of carbonyl (C=O) groups is 2. The molecular weight excluding hydrogens is 374 g/mol. The third-order valence-electron chi connectivity index (χ3n) is 5.19. The summed E-state index contributed by atoms with van der Waals surface area (Å²) >= 11 is 0. The third kappa shape index (κ3) is 3.98. The summed E-state index contributed by atoms with van der Waals surface area (Å²) in [6, 6.07) is 5.54. The summed E-state index contributed by atoms with van der Waals surface area (Å²) in [4.78, 5) is 31.2. The highest BCUT2D eigenvalue weighted by molar-refractivity contribution is 6.03. The molecule has 1 atom stereocenters. The van der Waals surface area contributed by atoms with Crippen molar-refractivity contribution < 1.29 is 23.8 Å². The van der Waals surface area contributed by atoms with E-state index in [1.54, 1.807) is 6.07 Å². The fourth-order valence-corrected chi connectivity index (χ4v) is 3.65. The van der Waals surface area contributed by atoms with Gasteiger partial charge >= 0.3 is 11.9 Å². The van der Waals surface area contributed by atoms with Gasteiger partial charge in [0.1, 0.15) is 17.8 Å². The lowest BCUT2D eigenvalue weighted by Gasteiger charge is -2.30. The van der Waals surface area contributed by atoms with Crippen molar-refractivity contribution in [1.29, 1.82) is 0 Å². The van der Waals surface area contributed by atoms with Crippen LogP contribution in [0.1, 0.15) is 45.4 Å². The van der Waals surface area contributed by atoms with E-state index in [2.05, 4.69) is 9.88 Å². The first-order valence-electron chi connectivity index (χ1n) is 10.1. The molecule has 0 aliphatic carbocycles. The van der Waals surface area contributed by atoms with Gasteiger partial charge in [0.25, 0.3) is 5.88 Å². The Hall–Kier alpha value is -2.87. The zero-order valence-electron chi connectivity index (χ0n) is 16.5. The molecule has 1 aromatic heterocycles. The van der Waals surface area contributed by atoms with Gasteiger partial charge in [-0.1, -0.05) is 19.1 Å². The molecule has 0 saturated carbocycles. The van der Waals surface area contributed by atoms with Crippen LogP contribution in [0, 0.1) is 0 Å². The average molecular weight is 399 g/mol. The maximum Gasteiger partial charge on any atom is 0.313 e. The molecule has 0 amide bonds. The molecule has 0 spiro atoms. The fourth-order valence-electron chi connectivity index (χ4n) is 3.65. The van der Waals surface area contributed by atoms with E-state index in [1.165, 1.54) is 6.42 Å². The standard InChI is InChI=1S/C21H25N3O5/c1-2-15(22)27-14-8-6-7-13-18(14)19-21(29-17(26)10-9-16(25)28-19)23-20(13)24-11-4-3-5-12-24/h6-8,15H,2-5,9-12,22H2,1H3. The van der Waals surface area contributed by atoms with Crippen LogP contribution in [0.3, 0.4) is 0 Å². The van der Waals surface area contributed by atoms with Gasteiger partial charge in [-0.25, -0.2) is 0 Å². The monoisotopic (exact) mass is 399 g/mol. The summed E-state index contributed by atoms with van der Waals surface area (Å²) in [5, 5.41) is 1.32. The summed E-state index contributed by atoms with van der Waals surface area (Å²) in [6.07, 6.45) is 3.29. The fraction of sp³-hybridized carbons (Fsp3) is 0.476. The zero-order valence-corrected chi connectivity index (χ0v) is 16.5. The number of benzene rings is 1. The molecule has 1 aromatic carbocycles. The number of nitrogens with two attached hydrogens (primary N) is 1. The van der Waals surface area contributed by atoms with Crippen molar-refractivity contribution in [2.45, 2.75) is 51.7 Å². The third-order valence-corrected chi connectivity index (χ3v) is 5.19. The number of anilines is 1. The van der Waals surface area contributed by atoms with Gasteiger partial charge in [-0.15, -0.1) is 0 Å². The Labute approximate surface area is 168 Å². The normalized spacial score (nSPS) is 18.3. The van der Waals surface area contributed by atoms with Crippen molar-refractivity contribution in [2.75, 3.05) is 18.0 Å². The summed E-state index contributed by atoms with van der Waals surface area (Å²) in [6.45, 7) is 3.63. The van der Waals surface area contributed by atoms with Gasteiger partial charge < -0.3 is 19.1 Å². The van der Waals surface area contributed by atoms with Gasteiger partial charge in [-0.2, -0.15) is 4.98 Å². The molecule has 4 rings (SSSR count). The van der Waals surface area contributed by atoms with Crippen molar-refractivity contribution in [3.05, 3.63) is 18.2 Å². The van der Waals surface area contributed by atoms with E-state index < -0.39 is 18.2 Å². The largest absolute Gasteiger partial charge is 0.475 e. The molecule has 1 fully saturated rings. The number of carbonyl (C=O) groups excluding carboxylic acids is 2. The number of esters is 2. The number of hydrogen-bond acceptors (Lipinski definition) is 8. The topological polar surface area (TPSA) is 104 Å². The molecule has 8 heteroatoms. The van der Waals surface area contributed by atoms with Crippen LogP contribution in [0.15, 0.2) is 18.2 Å². The molecule has 29 heavy (non-hydrogen) atoms. The second kappa shape index (κ2) is 8.24. The van der Waals surface area contributed by atoms with E-state index in [9.17, 15) is 9.59 Å². The number of fused-ring (bicyclic) bond motifs is 3. The first-order chi connectivity index (χ1) is 14.1. The van der Waals surface area contributed by atoms with Crippen molar-refractivity contribution in [3.8, 4) is 17.4 Å². The summed E-state index contributed by atoms with van der Waals surface area (Å²) < 4.78 is 17.0. The predicted octanol–water partition coefficient (Wildman–Crippen LogP) is 2.90. The van der Waals surface area contributed by atoms with Crippen LogP contribution >= 0.6 is 0 Å². The van der Waals surface area contributed by atoms with Crippen LogP contribution in [-0.2, 0) is 9.59 Å². The Morgan fingerprint density at radius 1 is 1.14 bits per heavy atom. The Kier molecular flexibility index (Phi) is 5.53. The molecule has 3 heterocycles. The molecule has 1 unspecified atom stereocenters. The summed E-state index contributed by atoms with van der Waals surface area (Å²) in [5.74, 6) is 0.251. The van der Waals surface area contributed by atoms with Crippen LogP contribution in [0.4, 0.5) is 5.82 Å². The lowest BCUT2D eigenvalue weighted by atomic mass is 10.1. The minimum atomic E-state index is -0.519. The first-order valence-corrected chi connectivity index (χ1v) is 10.1. The van der Waals surface area contributed by atoms with Gasteiger partial charge in [0.2, 0.25) is 5.75 Å². The highest BCUT2D eigenvalue weighted by Gasteiger charge is 2.29. The lowest BCUT2D eigenvalue weighted by Crippen LogP contribution is -2.31. The maximum atomic E-state index is 12.2. The molecule has 8 nitrogen and oxygen atoms in total. The number of ether oxygens (including phenoxy) is 3. The molecule has 154 valence electrons. The number of hydrogen-bond donors (Lipinski definition) is 1. The molecular formula is C21H25N3O5. The van der Waals surface area contributed by atoms with Gasteiger partial charge in [-0.05, 0) is 31.7 Å². The molecule has 2 aromatic rings. The lowest BCUT2D eigenvalue weighted by molar-refractivity contribution is -0.142. The van der Waals surface area contributed by atoms with Crippen LogP contribution < -0.4 is 24.8 Å². The van der Waals surface area contributed by atoms with E-state index in [1.807, 2.05) is 19.1 Å². The Balaban J connectivity index is 1.95. The SMILES string of the molecule is CCC(N)Oc1cccc2c(N3CCCCC3)nc3c(c12)OC(=O)CCC(=O)O3. The average Bonchev–Trinajstić information content (AvgIpc) is 2.73. The second-order valence-corrected chi connectivity index (χ2v) is 7.31. The molecule has 0 bridgehead atoms. The summed E-state index contributed by atoms with van der Waals surface area (Å²) in [7, 11) is 0. The number of rotatable bonds is 4. The molecule has 2 N–H and O–H groups in total. The Morgan fingerprint density at radius 3 is 2.59 bits per heavy atom. The minimum absolute atomic E-state index is 0.00255. The van der Waals surface area contributed by atoms with E-state index in [0.717, 1.165) is 31.3 Å². The van der Waals surface area contributed by atoms with Crippen molar-refractivity contribution >= 4 is 28.5 Å². The second-order valence-electron chi connectivity index (χ2n) is 7.31. The van der Waals surface area contributed by atoms with E-state index >= 15 is 0 Å². The molecule has 0 radical (unpaired) electrons. The van der Waals surface area contributed by atoms with Gasteiger partial charge in [0.05, 0.1) is 18.2 Å². The van der Waals surface area contributed by atoms with E-state index in [0.29, 0.717) is 23.4 Å². The molecule has 2 aliphatic rings. The smallest absolute Gasteiger partial charge is 0.313 e. The molecule has 2 aliphatic heterocycles. The quantitative estimate of drug-likeness (QED) is 0.618. The van der Waals surface area contributed by atoms with Crippen molar-refractivity contribution in [1.82, 2.24) is 4.98 Å². The van der Waals surface area contributed by atoms with Crippen molar-refractivity contribution in [2.24, 2.45) is 5.73 Å². The van der Waals surface area contributed by atoms with Crippen LogP contribution in [-0.4, -0.2) is 36.2 Å². The number of nitrogens with zero attached hydrogens (tertiary/aromatic N) is 2. The maximum absolute atomic E-state index is 12.2. The van der Waals surface area contributed by atoms with Crippen molar-refractivity contribution in [3.63, 3.8) is 0 Å². The Bertz CT molecular complexity index is 940.